The van der Waals surface area contributed by atoms with Crippen LogP contribution in [0.4, 0.5) is 5.95 Å². The molecular formula is C18H22N8O. The highest BCUT2D eigenvalue weighted by atomic mass is 16.1. The molecule has 4 rings (SSSR count). The third-order valence-corrected chi connectivity index (χ3v) is 4.83. The van der Waals surface area contributed by atoms with Crippen molar-refractivity contribution in [1.82, 2.24) is 34.8 Å². The van der Waals surface area contributed by atoms with E-state index in [9.17, 15) is 4.79 Å². The number of piperidine rings is 1. The second-order valence-electron chi connectivity index (χ2n) is 6.74. The molecule has 0 unspecified atom stereocenters. The van der Waals surface area contributed by atoms with Crippen LogP contribution in [0.25, 0.3) is 5.69 Å². The number of anilines is 1. The lowest BCUT2D eigenvalue weighted by Crippen LogP contribution is -2.27. The Morgan fingerprint density at radius 2 is 2.11 bits per heavy atom. The van der Waals surface area contributed by atoms with Gasteiger partial charge >= 0.3 is 0 Å². The third kappa shape index (κ3) is 3.59. The van der Waals surface area contributed by atoms with Crippen molar-refractivity contribution in [3.05, 3.63) is 47.8 Å². The van der Waals surface area contributed by atoms with Crippen LogP contribution in [0.1, 0.15) is 40.5 Å². The number of carbonyl (C=O) groups excluding carboxylic acids is 1. The summed E-state index contributed by atoms with van der Waals surface area (Å²) in [5, 5.41) is 14.8. The van der Waals surface area contributed by atoms with Crippen molar-refractivity contribution in [2.45, 2.75) is 25.7 Å². The highest BCUT2D eigenvalue weighted by Gasteiger charge is 2.21. The van der Waals surface area contributed by atoms with Crippen LogP contribution in [-0.2, 0) is 7.05 Å². The molecular weight excluding hydrogens is 344 g/mol. The number of nitrogens with one attached hydrogen (secondary N) is 2. The maximum Gasteiger partial charge on any atom is 0.258 e. The second kappa shape index (κ2) is 7.28. The zero-order chi connectivity index (χ0) is 18.8. The molecule has 1 saturated heterocycles. The van der Waals surface area contributed by atoms with Gasteiger partial charge in [-0.2, -0.15) is 15.2 Å². The van der Waals surface area contributed by atoms with Crippen molar-refractivity contribution in [3.8, 4) is 5.69 Å². The first-order valence-corrected chi connectivity index (χ1v) is 9.00. The fraction of sp³-hybridized carbons (Fsp3) is 0.389. The smallest absolute Gasteiger partial charge is 0.258 e. The summed E-state index contributed by atoms with van der Waals surface area (Å²) in [5.41, 5.74) is 2.38. The fourth-order valence-electron chi connectivity index (χ4n) is 3.33. The van der Waals surface area contributed by atoms with E-state index >= 15 is 0 Å². The summed E-state index contributed by atoms with van der Waals surface area (Å²) in [5.74, 6) is 1.39. The first kappa shape index (κ1) is 17.3. The van der Waals surface area contributed by atoms with E-state index in [4.69, 9.17) is 0 Å². The molecule has 9 nitrogen and oxygen atoms in total. The van der Waals surface area contributed by atoms with Gasteiger partial charge in [0.05, 0.1) is 5.69 Å². The summed E-state index contributed by atoms with van der Waals surface area (Å²) >= 11 is 0. The molecule has 9 heteroatoms. The van der Waals surface area contributed by atoms with E-state index < -0.39 is 0 Å². The Hall–Kier alpha value is -3.07. The van der Waals surface area contributed by atoms with Crippen molar-refractivity contribution < 1.29 is 4.79 Å². The fourth-order valence-corrected chi connectivity index (χ4v) is 3.33. The van der Waals surface area contributed by atoms with E-state index in [0.29, 0.717) is 17.4 Å². The lowest BCUT2D eigenvalue weighted by atomic mass is 9.98. The van der Waals surface area contributed by atoms with E-state index in [2.05, 4.69) is 30.8 Å². The molecule has 0 radical (unpaired) electrons. The van der Waals surface area contributed by atoms with Gasteiger partial charge in [0.2, 0.25) is 5.95 Å². The number of rotatable bonds is 4. The Morgan fingerprint density at radius 1 is 1.30 bits per heavy atom. The topological polar surface area (TPSA) is 103 Å². The quantitative estimate of drug-likeness (QED) is 0.724. The number of benzene rings is 1. The molecule has 1 amide bonds. The number of amides is 1. The molecule has 3 heterocycles. The predicted octanol–water partition coefficient (Wildman–Crippen LogP) is 1.42. The summed E-state index contributed by atoms with van der Waals surface area (Å²) in [7, 11) is 1.80. The lowest BCUT2D eigenvalue weighted by molar-refractivity contribution is 0.102. The van der Waals surface area contributed by atoms with Crippen LogP contribution in [-0.4, -0.2) is 48.5 Å². The molecule has 1 fully saturated rings. The number of hydrogen-bond acceptors (Lipinski definition) is 6. The van der Waals surface area contributed by atoms with Gasteiger partial charge < -0.3 is 5.32 Å². The maximum absolute atomic E-state index is 12.7. The summed E-state index contributed by atoms with van der Waals surface area (Å²) in [6.45, 7) is 3.88. The molecule has 0 atom stereocenters. The van der Waals surface area contributed by atoms with Crippen LogP contribution in [0.5, 0.6) is 0 Å². The van der Waals surface area contributed by atoms with E-state index in [1.54, 1.807) is 28.8 Å². The van der Waals surface area contributed by atoms with Gasteiger partial charge in [0.15, 0.2) is 5.82 Å². The van der Waals surface area contributed by atoms with Crippen molar-refractivity contribution in [2.24, 2.45) is 7.05 Å². The van der Waals surface area contributed by atoms with Crippen LogP contribution >= 0.6 is 0 Å². The molecule has 140 valence electrons. The van der Waals surface area contributed by atoms with E-state index in [-0.39, 0.29) is 5.91 Å². The van der Waals surface area contributed by atoms with Gasteiger partial charge in [-0.25, -0.2) is 14.3 Å². The van der Waals surface area contributed by atoms with E-state index in [0.717, 1.165) is 43.0 Å². The Bertz CT molecular complexity index is 940. The molecule has 1 aliphatic rings. The molecule has 1 aromatic carbocycles. The first-order valence-electron chi connectivity index (χ1n) is 9.00. The standard InChI is InChI=1S/C18H22N8O/c1-12-9-14(3-4-15(12)26-11-20-10-21-26)17(27)23-18-22-16(24-25(18)2)13-5-7-19-8-6-13/h3-4,9-11,13,19H,5-8H2,1-2H3,(H,22,23,24,27). The lowest BCUT2D eigenvalue weighted by Gasteiger charge is -2.19. The summed E-state index contributed by atoms with van der Waals surface area (Å²) in [6.07, 6.45) is 5.14. The Morgan fingerprint density at radius 3 is 2.81 bits per heavy atom. The van der Waals surface area contributed by atoms with Gasteiger partial charge in [0.1, 0.15) is 12.7 Å². The van der Waals surface area contributed by atoms with Gasteiger partial charge in [-0.15, -0.1) is 0 Å². The van der Waals surface area contributed by atoms with Crippen LogP contribution < -0.4 is 10.6 Å². The van der Waals surface area contributed by atoms with Gasteiger partial charge in [-0.1, -0.05) is 0 Å². The molecule has 2 N–H and O–H groups in total. The van der Waals surface area contributed by atoms with Crippen molar-refractivity contribution in [1.29, 1.82) is 0 Å². The van der Waals surface area contributed by atoms with Gasteiger partial charge in [-0.3, -0.25) is 10.1 Å². The Labute approximate surface area is 156 Å². The van der Waals surface area contributed by atoms with Crippen molar-refractivity contribution >= 4 is 11.9 Å². The summed E-state index contributed by atoms with van der Waals surface area (Å²) in [6, 6.07) is 5.45. The molecule has 0 saturated carbocycles. The summed E-state index contributed by atoms with van der Waals surface area (Å²) in [4.78, 5) is 21.2. The first-order chi connectivity index (χ1) is 13.1. The highest BCUT2D eigenvalue weighted by molar-refractivity contribution is 6.03. The Balaban J connectivity index is 1.51. The number of aromatic nitrogens is 6. The number of hydrogen-bond donors (Lipinski definition) is 2. The minimum Gasteiger partial charge on any atom is -0.317 e. The van der Waals surface area contributed by atoms with Gasteiger partial charge in [0, 0.05) is 18.5 Å². The zero-order valence-corrected chi connectivity index (χ0v) is 15.4. The average molecular weight is 366 g/mol. The predicted molar refractivity (Wildman–Crippen MR) is 99.9 cm³/mol. The number of aryl methyl sites for hydroxylation is 2. The van der Waals surface area contributed by atoms with Crippen LogP contribution in [0.2, 0.25) is 0 Å². The van der Waals surface area contributed by atoms with Crippen LogP contribution in [0, 0.1) is 6.92 Å². The summed E-state index contributed by atoms with van der Waals surface area (Å²) < 4.78 is 3.30. The van der Waals surface area contributed by atoms with Crippen molar-refractivity contribution in [3.63, 3.8) is 0 Å². The van der Waals surface area contributed by atoms with Crippen LogP contribution in [0.15, 0.2) is 30.9 Å². The number of carbonyl (C=O) groups is 1. The number of nitrogens with zero attached hydrogens (tertiary/aromatic N) is 6. The molecule has 0 spiro atoms. The average Bonchev–Trinajstić information content (AvgIpc) is 3.33. The van der Waals surface area contributed by atoms with Gasteiger partial charge in [0.25, 0.3) is 5.91 Å². The normalized spacial score (nSPS) is 15.0. The minimum atomic E-state index is -0.212. The highest BCUT2D eigenvalue weighted by Crippen LogP contribution is 2.23. The second-order valence-corrected chi connectivity index (χ2v) is 6.74. The molecule has 0 bridgehead atoms. The molecule has 1 aliphatic heterocycles. The molecule has 27 heavy (non-hydrogen) atoms. The Kier molecular flexibility index (Phi) is 4.68. The third-order valence-electron chi connectivity index (χ3n) is 4.83. The molecule has 0 aliphatic carbocycles. The minimum absolute atomic E-state index is 0.212. The van der Waals surface area contributed by atoms with E-state index in [1.165, 1.54) is 6.33 Å². The van der Waals surface area contributed by atoms with Gasteiger partial charge in [-0.05, 0) is 56.6 Å². The van der Waals surface area contributed by atoms with Crippen molar-refractivity contribution in [2.75, 3.05) is 18.4 Å². The maximum atomic E-state index is 12.7. The SMILES string of the molecule is Cc1cc(C(=O)Nc2nc(C3CCNCC3)nn2C)ccc1-n1cncn1. The van der Waals surface area contributed by atoms with Crippen LogP contribution in [0.3, 0.4) is 0 Å². The monoisotopic (exact) mass is 366 g/mol. The molecule has 2 aromatic heterocycles. The zero-order valence-electron chi connectivity index (χ0n) is 15.4. The van der Waals surface area contributed by atoms with E-state index in [1.807, 2.05) is 19.1 Å². The molecule has 3 aromatic rings. The largest absolute Gasteiger partial charge is 0.317 e.